The van der Waals surface area contributed by atoms with Crippen molar-refractivity contribution in [3.8, 4) is 0 Å². The Labute approximate surface area is 127 Å². The highest BCUT2D eigenvalue weighted by Crippen LogP contribution is 2.08. The molecule has 1 aromatic rings. The van der Waals surface area contributed by atoms with Gasteiger partial charge in [-0.2, -0.15) is 0 Å². The fourth-order valence-electron chi connectivity index (χ4n) is 1.69. The highest BCUT2D eigenvalue weighted by Gasteiger charge is 2.34. The van der Waals surface area contributed by atoms with Crippen molar-refractivity contribution in [2.24, 2.45) is 0 Å². The number of aliphatic hydroxyl groups is 1. The fraction of sp³-hybridized carbons (Fsp3) is 0.286. The van der Waals surface area contributed by atoms with Crippen molar-refractivity contribution >= 4 is 11.9 Å². The number of ether oxygens (including phenoxy) is 2. The van der Waals surface area contributed by atoms with Gasteiger partial charge in [-0.25, -0.2) is 4.79 Å². The zero-order valence-electron chi connectivity index (χ0n) is 12.1. The summed E-state index contributed by atoms with van der Waals surface area (Å²) < 4.78 is 9.04. The lowest BCUT2D eigenvalue weighted by molar-refractivity contribution is -0.144. The van der Waals surface area contributed by atoms with E-state index in [-0.39, 0.29) is 6.42 Å². The number of aliphatic hydroxyl groups excluding tert-OH is 1. The minimum Gasteiger partial charge on any atom is -0.475 e. The van der Waals surface area contributed by atoms with E-state index in [1.807, 2.05) is 6.07 Å². The number of hydrogen-bond donors (Lipinski definition) is 2. The molecule has 0 aliphatic rings. The van der Waals surface area contributed by atoms with Crippen molar-refractivity contribution < 1.29 is 24.2 Å². The predicted octanol–water partition coefficient (Wildman–Crippen LogP) is 1.11. The van der Waals surface area contributed by atoms with Gasteiger partial charge in [-0.05, 0) is 5.56 Å². The van der Waals surface area contributed by atoms with E-state index < -0.39 is 29.6 Å². The maximum Gasteiger partial charge on any atom is 0.527 e. The minimum atomic E-state index is -1.01. The van der Waals surface area contributed by atoms with Gasteiger partial charge in [0, 0.05) is 6.42 Å². The zero-order chi connectivity index (χ0) is 16.5. The summed E-state index contributed by atoms with van der Waals surface area (Å²) in [6, 6.07) is 7.94. The van der Waals surface area contributed by atoms with E-state index in [1.54, 1.807) is 24.3 Å². The van der Waals surface area contributed by atoms with Crippen LogP contribution < -0.4 is 5.32 Å². The van der Waals surface area contributed by atoms with Crippen LogP contribution in [0.15, 0.2) is 42.0 Å². The minimum absolute atomic E-state index is 0.172. The molecular formula is C14H16N3O5+. The van der Waals surface area contributed by atoms with Crippen LogP contribution in [0.5, 0.6) is 0 Å². The second-order valence-electron chi connectivity index (χ2n) is 4.20. The van der Waals surface area contributed by atoms with Crippen LogP contribution in [-0.4, -0.2) is 37.2 Å². The molecule has 0 aromatic heterocycles. The van der Waals surface area contributed by atoms with E-state index in [0.29, 0.717) is 0 Å². The molecule has 116 valence electrons. The van der Waals surface area contributed by atoms with Gasteiger partial charge in [0.2, 0.25) is 5.39 Å². The lowest BCUT2D eigenvalue weighted by Crippen LogP contribution is -2.43. The van der Waals surface area contributed by atoms with Crippen LogP contribution in [0.4, 0.5) is 0 Å². The topological polar surface area (TPSA) is 113 Å². The molecule has 0 radical (unpaired) electrons. The molecule has 0 aliphatic heterocycles. The molecule has 1 amide bonds. The number of esters is 1. The second-order valence-corrected chi connectivity index (χ2v) is 4.20. The average molecular weight is 306 g/mol. The SMILES string of the molecule is COC(=O)[C@H](Cc1ccccc1)NC(=O)/C([N+]#N)=C(/O)OC. The predicted molar refractivity (Wildman–Crippen MR) is 75.8 cm³/mol. The lowest BCUT2D eigenvalue weighted by Gasteiger charge is -2.14. The van der Waals surface area contributed by atoms with Gasteiger partial charge >= 0.3 is 23.5 Å². The number of methoxy groups -OCH3 is 2. The number of amides is 1. The molecule has 1 aromatic carbocycles. The smallest absolute Gasteiger partial charge is 0.475 e. The van der Waals surface area contributed by atoms with Crippen molar-refractivity contribution in [3.63, 3.8) is 0 Å². The Morgan fingerprint density at radius 3 is 2.41 bits per heavy atom. The molecule has 8 nitrogen and oxygen atoms in total. The summed E-state index contributed by atoms with van der Waals surface area (Å²) in [7, 11) is 2.28. The van der Waals surface area contributed by atoms with Crippen LogP contribution in [-0.2, 0) is 25.5 Å². The third kappa shape index (κ3) is 4.49. The molecule has 0 saturated heterocycles. The highest BCUT2D eigenvalue weighted by atomic mass is 16.6. The Hall–Kier alpha value is -3.08. The van der Waals surface area contributed by atoms with Crippen LogP contribution in [0.3, 0.4) is 0 Å². The first-order valence-electron chi connectivity index (χ1n) is 6.28. The maximum atomic E-state index is 11.9. The summed E-state index contributed by atoms with van der Waals surface area (Å²) in [4.78, 5) is 26.3. The number of nitrogens with one attached hydrogen (secondary N) is 1. The zero-order valence-corrected chi connectivity index (χ0v) is 12.1. The summed E-state index contributed by atoms with van der Waals surface area (Å²) in [6.45, 7) is 0. The molecule has 22 heavy (non-hydrogen) atoms. The Bertz CT molecular complexity index is 607. The monoisotopic (exact) mass is 306 g/mol. The van der Waals surface area contributed by atoms with Gasteiger partial charge in [-0.3, -0.25) is 4.79 Å². The number of diazo groups is 1. The molecule has 0 bridgehead atoms. The van der Waals surface area contributed by atoms with Gasteiger partial charge in [0.25, 0.3) is 0 Å². The van der Waals surface area contributed by atoms with Crippen molar-refractivity contribution in [3.05, 3.63) is 52.5 Å². The van der Waals surface area contributed by atoms with Crippen LogP contribution in [0, 0.1) is 5.39 Å². The van der Waals surface area contributed by atoms with E-state index in [1.165, 1.54) is 7.11 Å². The molecule has 1 rings (SSSR count). The third-order valence-electron chi connectivity index (χ3n) is 2.78. The first-order valence-corrected chi connectivity index (χ1v) is 6.28. The van der Waals surface area contributed by atoms with Crippen molar-refractivity contribution in [2.75, 3.05) is 14.2 Å². The van der Waals surface area contributed by atoms with Gasteiger partial charge in [-0.15, -0.1) is 0 Å². The number of carbonyl (C=O) groups excluding carboxylic acids is 2. The molecule has 0 fully saturated rings. The molecule has 0 saturated carbocycles. The first kappa shape index (κ1) is 17.0. The highest BCUT2D eigenvalue weighted by molar-refractivity contribution is 5.97. The van der Waals surface area contributed by atoms with Gasteiger partial charge in [0.15, 0.2) is 4.98 Å². The number of nitrogens with zero attached hydrogens (tertiary/aromatic N) is 2. The summed E-state index contributed by atoms with van der Waals surface area (Å²) >= 11 is 0. The van der Waals surface area contributed by atoms with Crippen molar-refractivity contribution in [1.82, 2.24) is 5.32 Å². The Kier molecular flexibility index (Phi) is 6.37. The molecule has 1 atom stereocenters. The standard InChI is InChI=1S/C14H15N3O5/c1-21-13(19)10(8-9-6-4-3-5-7-9)16-12(18)11(17-15)14(20)22-2/h3-7,10H,8H2,1-2H3,(H-,16,18,20)/p+1/t10-/m0/s1. The van der Waals surface area contributed by atoms with Crippen LogP contribution >= 0.6 is 0 Å². The molecule has 2 N–H and O–H groups in total. The van der Waals surface area contributed by atoms with Gasteiger partial charge in [0.05, 0.1) is 14.2 Å². The van der Waals surface area contributed by atoms with Crippen LogP contribution in [0.1, 0.15) is 5.56 Å². The molecule has 8 heteroatoms. The number of benzene rings is 1. The van der Waals surface area contributed by atoms with E-state index in [2.05, 4.69) is 19.8 Å². The summed E-state index contributed by atoms with van der Waals surface area (Å²) in [5.74, 6) is -2.53. The Morgan fingerprint density at radius 1 is 1.27 bits per heavy atom. The largest absolute Gasteiger partial charge is 0.527 e. The van der Waals surface area contributed by atoms with E-state index in [4.69, 9.17) is 5.39 Å². The second kappa shape index (κ2) is 8.26. The Balaban J connectivity index is 2.93. The average Bonchev–Trinajstić information content (AvgIpc) is 2.54. The van der Waals surface area contributed by atoms with Gasteiger partial charge in [0.1, 0.15) is 6.04 Å². The first-order chi connectivity index (χ1) is 10.5. The van der Waals surface area contributed by atoms with Crippen LogP contribution in [0.25, 0.3) is 4.98 Å². The molecule has 0 unspecified atom stereocenters. The van der Waals surface area contributed by atoms with Crippen molar-refractivity contribution in [2.45, 2.75) is 12.5 Å². The van der Waals surface area contributed by atoms with Gasteiger partial charge < -0.3 is 19.9 Å². The molecule has 0 spiro atoms. The van der Waals surface area contributed by atoms with Gasteiger partial charge in [-0.1, -0.05) is 30.3 Å². The van der Waals surface area contributed by atoms with Crippen molar-refractivity contribution in [1.29, 1.82) is 5.39 Å². The summed E-state index contributed by atoms with van der Waals surface area (Å²) in [6.07, 6.45) is 0.172. The molecule has 0 aliphatic carbocycles. The van der Waals surface area contributed by atoms with E-state index in [0.717, 1.165) is 12.7 Å². The number of hydrogen-bond acceptors (Lipinski definition) is 6. The maximum absolute atomic E-state index is 11.9. The lowest BCUT2D eigenvalue weighted by atomic mass is 10.1. The van der Waals surface area contributed by atoms with E-state index >= 15 is 0 Å². The normalized spacial score (nSPS) is 12.4. The van der Waals surface area contributed by atoms with E-state index in [9.17, 15) is 14.7 Å². The quantitative estimate of drug-likeness (QED) is 0.352. The van der Waals surface area contributed by atoms with Crippen LogP contribution in [0.2, 0.25) is 0 Å². The third-order valence-corrected chi connectivity index (χ3v) is 2.78. The number of rotatable bonds is 6. The molecule has 0 heterocycles. The Morgan fingerprint density at radius 2 is 1.91 bits per heavy atom. The molecular weight excluding hydrogens is 290 g/mol. The fourth-order valence-corrected chi connectivity index (χ4v) is 1.69. The summed E-state index contributed by atoms with van der Waals surface area (Å²) in [5, 5.41) is 20.4. The number of carbonyl (C=O) groups is 2. The summed E-state index contributed by atoms with van der Waals surface area (Å²) in [5.41, 5.74) is 0.0464.